The molecule has 0 heterocycles. The number of carbonyl (C=O) groups is 1. The molecule has 1 amide bonds. The van der Waals surface area contributed by atoms with E-state index in [0.717, 1.165) is 13.0 Å². The summed E-state index contributed by atoms with van der Waals surface area (Å²) in [7, 11) is 1.71. The molecule has 0 bridgehead atoms. The quantitative estimate of drug-likeness (QED) is 0.358. The van der Waals surface area contributed by atoms with Crippen LogP contribution in [0.5, 0.6) is 0 Å². The number of nitrogens with one attached hydrogen (secondary N) is 3. The minimum absolute atomic E-state index is 0. The van der Waals surface area contributed by atoms with E-state index in [1.165, 1.54) is 5.56 Å². The highest BCUT2D eigenvalue weighted by atomic mass is 127. The fraction of sp³-hybridized carbons (Fsp3) is 0.556. The molecule has 0 aliphatic heterocycles. The molecule has 6 heteroatoms. The van der Waals surface area contributed by atoms with Gasteiger partial charge < -0.3 is 16.0 Å². The largest absolute Gasteiger partial charge is 0.356 e. The molecule has 0 aliphatic carbocycles. The number of carbonyl (C=O) groups excluding carboxylic acids is 1. The zero-order valence-corrected chi connectivity index (χ0v) is 17.7. The van der Waals surface area contributed by atoms with Gasteiger partial charge in [0, 0.05) is 19.1 Å². The van der Waals surface area contributed by atoms with Crippen LogP contribution in [0, 0.1) is 0 Å². The average molecular weight is 446 g/mol. The Morgan fingerprint density at radius 3 is 2.33 bits per heavy atom. The van der Waals surface area contributed by atoms with Crippen LogP contribution in [0.3, 0.4) is 0 Å². The van der Waals surface area contributed by atoms with E-state index in [0.29, 0.717) is 11.9 Å². The summed E-state index contributed by atoms with van der Waals surface area (Å²) in [6.45, 7) is 9.11. The van der Waals surface area contributed by atoms with E-state index < -0.39 is 0 Å². The highest BCUT2D eigenvalue weighted by Crippen LogP contribution is 2.17. The number of hydrogen-bond acceptors (Lipinski definition) is 2. The van der Waals surface area contributed by atoms with Crippen LogP contribution in [-0.4, -0.2) is 37.5 Å². The maximum absolute atomic E-state index is 11.8. The lowest BCUT2D eigenvalue weighted by Crippen LogP contribution is -2.48. The number of aliphatic imine (C=N–C) groups is 1. The summed E-state index contributed by atoms with van der Waals surface area (Å²) in [5, 5.41) is 9.19. The number of amides is 1. The number of halogens is 1. The molecule has 1 atom stereocenters. The van der Waals surface area contributed by atoms with Gasteiger partial charge in [-0.05, 0) is 38.7 Å². The van der Waals surface area contributed by atoms with Gasteiger partial charge in [0.15, 0.2) is 5.96 Å². The highest BCUT2D eigenvalue weighted by Gasteiger charge is 2.13. The zero-order chi connectivity index (χ0) is 17.3. The Morgan fingerprint density at radius 1 is 1.17 bits per heavy atom. The van der Waals surface area contributed by atoms with Crippen LogP contribution in [0.1, 0.15) is 45.6 Å². The van der Waals surface area contributed by atoms with E-state index in [9.17, 15) is 4.79 Å². The van der Waals surface area contributed by atoms with Crippen molar-refractivity contribution in [3.8, 4) is 0 Å². The van der Waals surface area contributed by atoms with Crippen LogP contribution in [0.2, 0.25) is 0 Å². The molecule has 0 saturated carbocycles. The summed E-state index contributed by atoms with van der Waals surface area (Å²) in [4.78, 5) is 15.9. The molecule has 24 heavy (non-hydrogen) atoms. The van der Waals surface area contributed by atoms with Gasteiger partial charge in [-0.3, -0.25) is 9.79 Å². The van der Waals surface area contributed by atoms with Gasteiger partial charge in [-0.1, -0.05) is 37.3 Å². The summed E-state index contributed by atoms with van der Waals surface area (Å²) in [6, 6.07) is 10.5. The van der Waals surface area contributed by atoms with Crippen molar-refractivity contribution in [3.05, 3.63) is 35.9 Å². The summed E-state index contributed by atoms with van der Waals surface area (Å²) in [5.41, 5.74) is 1.11. The SMILES string of the molecule is CN=C(NCCC(C)c1ccccc1)NCC(=O)NC(C)(C)C.I. The standard InChI is InChI=1S/C18H30N4O.HI/c1-14(15-9-7-6-8-10-15)11-12-20-17(19-5)21-13-16(23)22-18(2,3)4;/h6-10,14H,11-13H2,1-5H3,(H,22,23)(H2,19,20,21);1H. The van der Waals surface area contributed by atoms with Gasteiger partial charge in [0.25, 0.3) is 0 Å². The molecule has 1 aromatic rings. The van der Waals surface area contributed by atoms with Crippen molar-refractivity contribution < 1.29 is 4.79 Å². The lowest BCUT2D eigenvalue weighted by Gasteiger charge is -2.21. The summed E-state index contributed by atoms with van der Waals surface area (Å²) >= 11 is 0. The van der Waals surface area contributed by atoms with Gasteiger partial charge in [0.2, 0.25) is 5.91 Å². The molecule has 1 unspecified atom stereocenters. The fourth-order valence-electron chi connectivity index (χ4n) is 2.20. The third-order valence-corrected chi connectivity index (χ3v) is 3.39. The van der Waals surface area contributed by atoms with Crippen LogP contribution in [0.4, 0.5) is 0 Å². The van der Waals surface area contributed by atoms with Gasteiger partial charge >= 0.3 is 0 Å². The summed E-state index contributed by atoms with van der Waals surface area (Å²) < 4.78 is 0. The van der Waals surface area contributed by atoms with Gasteiger partial charge in [-0.2, -0.15) is 0 Å². The molecule has 0 aromatic heterocycles. The van der Waals surface area contributed by atoms with E-state index in [-0.39, 0.29) is 42.0 Å². The summed E-state index contributed by atoms with van der Waals surface area (Å²) in [5.74, 6) is 1.08. The molecule has 5 nitrogen and oxygen atoms in total. The van der Waals surface area contributed by atoms with Gasteiger partial charge in [-0.25, -0.2) is 0 Å². The molecule has 136 valence electrons. The number of guanidine groups is 1. The van der Waals surface area contributed by atoms with Crippen LogP contribution in [0.15, 0.2) is 35.3 Å². The molecule has 0 radical (unpaired) electrons. The number of benzene rings is 1. The van der Waals surface area contributed by atoms with Crippen molar-refractivity contribution in [2.75, 3.05) is 20.1 Å². The van der Waals surface area contributed by atoms with Crippen molar-refractivity contribution >= 4 is 35.8 Å². The maximum Gasteiger partial charge on any atom is 0.239 e. The highest BCUT2D eigenvalue weighted by molar-refractivity contribution is 14.0. The zero-order valence-electron chi connectivity index (χ0n) is 15.3. The molecular formula is C18H31IN4O. The Balaban J connectivity index is 0.00000529. The first-order chi connectivity index (χ1) is 10.8. The first-order valence-electron chi connectivity index (χ1n) is 8.12. The molecule has 0 aliphatic rings. The van der Waals surface area contributed by atoms with Gasteiger partial charge in [0.05, 0.1) is 6.54 Å². The second kappa shape index (κ2) is 11.3. The third-order valence-electron chi connectivity index (χ3n) is 3.39. The summed E-state index contributed by atoms with van der Waals surface area (Å²) in [6.07, 6.45) is 0.999. The predicted octanol–water partition coefficient (Wildman–Crippen LogP) is 2.88. The van der Waals surface area contributed by atoms with Gasteiger partial charge in [0.1, 0.15) is 0 Å². The average Bonchev–Trinajstić information content (AvgIpc) is 2.49. The van der Waals surface area contributed by atoms with E-state index in [1.807, 2.05) is 26.8 Å². The maximum atomic E-state index is 11.8. The topological polar surface area (TPSA) is 65.5 Å². The monoisotopic (exact) mass is 446 g/mol. The molecule has 3 N–H and O–H groups in total. The Morgan fingerprint density at radius 2 is 1.79 bits per heavy atom. The first-order valence-corrected chi connectivity index (χ1v) is 8.12. The Kier molecular flexibility index (Phi) is 10.7. The van der Waals surface area contributed by atoms with Crippen molar-refractivity contribution in [2.24, 2.45) is 4.99 Å². The van der Waals surface area contributed by atoms with Crippen LogP contribution < -0.4 is 16.0 Å². The van der Waals surface area contributed by atoms with Crippen LogP contribution in [0.25, 0.3) is 0 Å². The van der Waals surface area contributed by atoms with Crippen LogP contribution in [-0.2, 0) is 4.79 Å². The molecule has 1 rings (SSSR count). The van der Waals surface area contributed by atoms with E-state index in [4.69, 9.17) is 0 Å². The van der Waals surface area contributed by atoms with E-state index in [1.54, 1.807) is 7.05 Å². The van der Waals surface area contributed by atoms with E-state index in [2.05, 4.69) is 52.1 Å². The normalized spacial score (nSPS) is 12.8. The second-order valence-electron chi connectivity index (χ2n) is 6.75. The van der Waals surface area contributed by atoms with Gasteiger partial charge in [-0.15, -0.1) is 24.0 Å². The van der Waals surface area contributed by atoms with E-state index >= 15 is 0 Å². The first kappa shape index (κ1) is 22.7. The Labute approximate surface area is 163 Å². The molecular weight excluding hydrogens is 415 g/mol. The molecule has 0 spiro atoms. The minimum Gasteiger partial charge on any atom is -0.356 e. The second-order valence-corrected chi connectivity index (χ2v) is 6.75. The van der Waals surface area contributed by atoms with Crippen LogP contribution >= 0.6 is 24.0 Å². The lowest BCUT2D eigenvalue weighted by molar-refractivity contribution is -0.121. The van der Waals surface area contributed by atoms with Crippen molar-refractivity contribution in [3.63, 3.8) is 0 Å². The third kappa shape index (κ3) is 9.75. The minimum atomic E-state index is -0.221. The molecule has 0 fully saturated rings. The number of hydrogen-bond donors (Lipinski definition) is 3. The number of nitrogens with zero attached hydrogens (tertiary/aromatic N) is 1. The Hall–Kier alpha value is -1.31. The molecule has 0 saturated heterocycles. The van der Waals surface area contributed by atoms with Crippen molar-refractivity contribution in [1.29, 1.82) is 0 Å². The van der Waals surface area contributed by atoms with Crippen molar-refractivity contribution in [2.45, 2.75) is 45.6 Å². The Bertz CT molecular complexity index is 512. The smallest absolute Gasteiger partial charge is 0.239 e. The molecule has 1 aromatic carbocycles. The lowest BCUT2D eigenvalue weighted by atomic mass is 9.98. The predicted molar refractivity (Wildman–Crippen MR) is 112 cm³/mol. The van der Waals surface area contributed by atoms with Crippen molar-refractivity contribution in [1.82, 2.24) is 16.0 Å². The fourth-order valence-corrected chi connectivity index (χ4v) is 2.20. The number of rotatable bonds is 6.